The van der Waals surface area contributed by atoms with E-state index in [1.165, 1.54) is 36.4 Å². The van der Waals surface area contributed by atoms with Crippen molar-refractivity contribution in [2.24, 2.45) is 5.73 Å². The molecule has 13 rings (SSSR count). The zero-order valence-corrected chi connectivity index (χ0v) is 59.1. The van der Waals surface area contributed by atoms with Gasteiger partial charge in [0.05, 0.1) is 88.8 Å². The van der Waals surface area contributed by atoms with E-state index in [9.17, 15) is 59.0 Å². The van der Waals surface area contributed by atoms with Gasteiger partial charge in [0.1, 0.15) is 34.1 Å². The Morgan fingerprint density at radius 2 is 0.840 bits per heavy atom. The number of nitrogens with two attached hydrogens (primary N) is 1. The van der Waals surface area contributed by atoms with Crippen molar-refractivity contribution in [2.45, 2.75) is 138 Å². The topological polar surface area (TPSA) is 287 Å². The maximum atomic E-state index is 13.4. The molecule has 3 aliphatic heterocycles. The number of aromatic carboxylic acids is 1. The minimum Gasteiger partial charge on any atom is -0.477 e. The number of nitriles is 2. The monoisotopic (exact) mass is 1460 g/mol. The van der Waals surface area contributed by atoms with Gasteiger partial charge in [-0.15, -0.1) is 10.2 Å². The van der Waals surface area contributed by atoms with Gasteiger partial charge in [0.25, 0.3) is 11.8 Å². The number of aromatic nitrogens is 10. The first-order chi connectivity index (χ1) is 50.1. The predicted molar refractivity (Wildman–Crippen MR) is 376 cm³/mol. The molecule has 3 aliphatic rings. The Kier molecular flexibility index (Phi) is 22.9. The maximum absolute atomic E-state index is 13.4. The third-order valence-corrected chi connectivity index (χ3v) is 18.4. The number of hydrogen-bond acceptors (Lipinski definition) is 15. The molecule has 6 aromatic carbocycles. The summed E-state index contributed by atoms with van der Waals surface area (Å²) >= 11 is 0. The summed E-state index contributed by atoms with van der Waals surface area (Å²) in [5, 5.41) is 60.5. The van der Waals surface area contributed by atoms with Crippen molar-refractivity contribution in [3.8, 4) is 23.5 Å². The first kappa shape index (κ1) is 76.8. The van der Waals surface area contributed by atoms with E-state index in [4.69, 9.17) is 16.3 Å². The number of carboxylic acid groups (broad SMARTS) is 1. The highest BCUT2D eigenvalue weighted by Crippen LogP contribution is 2.37. The molecular weight excluding hydrogens is 1390 g/mol. The fraction of sp³-hybridized carbons (Fsp3) is 0.320. The number of nitrogens with zero attached hydrogens (tertiary/aromatic N) is 14. The van der Waals surface area contributed by atoms with E-state index in [2.05, 4.69) is 58.7 Å². The number of anilines is 3. The van der Waals surface area contributed by atoms with E-state index in [0.717, 1.165) is 86.5 Å². The number of alkyl halides is 9. The van der Waals surface area contributed by atoms with Crippen LogP contribution in [0.1, 0.15) is 165 Å². The smallest absolute Gasteiger partial charge is 0.416 e. The molecule has 22 nitrogen and oxygen atoms in total. The van der Waals surface area contributed by atoms with Crippen molar-refractivity contribution < 1.29 is 59.0 Å². The second-order valence-corrected chi connectivity index (χ2v) is 26.0. The standard InChI is InChI=1S/C25H25F3N8O.C25H24F3N5O.C15H14F3N3O2.C10H12N2/c1-14-12-18(6-9-20(14)22-30-33-34-31-22)15(2)29-23(37)21-16(3)32-36-11-10-35(24(21)36)13-17-4-7-19(8-5-17)25(26,27)28;1-15-12-19(6-7-20(15)13-29)16(2)30-23(34)22-17(3)31-33-11-10-32(24(22)33)14-18-4-8-21(9-5-18)25(26,27)28;1-9-12(14(22)23)13-20(6-7-21(13)19-9)8-10-2-4-11(5-3-10)15(16,17)18;1-7-5-9(8(2)12)3-4-10(7)6-11/h4-9,12,15H,10-11,13H2,1-3H3,(H,29,37)(H,30,31,33,34);4-9,12,16H,10-11,14H2,1-3H3,(H,30,34);2-5H,6-8H2,1H3,(H,22,23);3-5,8H,12H2,1-2H3/t15-;16-;;8-/m00.0/s1. The summed E-state index contributed by atoms with van der Waals surface area (Å²) < 4.78 is 120. The van der Waals surface area contributed by atoms with Gasteiger partial charge < -0.3 is 36.2 Å². The van der Waals surface area contributed by atoms with Crippen LogP contribution in [-0.2, 0) is 57.8 Å². The number of benzene rings is 6. The Labute approximate surface area is 603 Å². The predicted octanol–water partition coefficient (Wildman–Crippen LogP) is 13.9. The summed E-state index contributed by atoms with van der Waals surface area (Å²) in [5.74, 6) is 0.764. The highest BCUT2D eigenvalue weighted by atomic mass is 19.4. The van der Waals surface area contributed by atoms with Gasteiger partial charge in [0.15, 0.2) is 0 Å². The van der Waals surface area contributed by atoms with Crippen molar-refractivity contribution >= 4 is 35.2 Å². The number of amides is 2. The average molecular weight is 1460 g/mol. The van der Waals surface area contributed by atoms with E-state index < -0.39 is 41.2 Å². The number of carbonyl (C=O) groups excluding carboxylic acids is 2. The van der Waals surface area contributed by atoms with Gasteiger partial charge in [-0.2, -0.15) is 70.5 Å². The molecule has 0 saturated heterocycles. The van der Waals surface area contributed by atoms with Crippen LogP contribution in [-0.4, -0.2) is 92.5 Å². The third kappa shape index (κ3) is 17.5. The number of hydrogen-bond donors (Lipinski definition) is 5. The Morgan fingerprint density at radius 1 is 0.500 bits per heavy atom. The van der Waals surface area contributed by atoms with Crippen LogP contribution in [0, 0.1) is 64.2 Å². The van der Waals surface area contributed by atoms with Crippen molar-refractivity contribution in [1.82, 2.24) is 60.6 Å². The summed E-state index contributed by atoms with van der Waals surface area (Å²) in [6, 6.07) is 35.7. The number of aromatic amines is 1. The molecule has 0 bridgehead atoms. The zero-order valence-electron chi connectivity index (χ0n) is 59.1. The van der Waals surface area contributed by atoms with Gasteiger partial charge in [-0.05, 0) is 166 Å². The minimum absolute atomic E-state index is 0.0384. The molecule has 4 aromatic heterocycles. The second kappa shape index (κ2) is 31.6. The van der Waals surface area contributed by atoms with Crippen LogP contribution in [0.5, 0.6) is 0 Å². The first-order valence-electron chi connectivity index (χ1n) is 33.5. The first-order valence-corrected chi connectivity index (χ1v) is 33.5. The van der Waals surface area contributed by atoms with Crippen molar-refractivity contribution in [2.75, 3.05) is 34.3 Å². The number of halogens is 9. The summed E-state index contributed by atoms with van der Waals surface area (Å²) in [6.45, 7) is 21.2. The van der Waals surface area contributed by atoms with Crippen LogP contribution < -0.4 is 31.1 Å². The Balaban J connectivity index is 0.000000161. The maximum Gasteiger partial charge on any atom is 0.416 e. The van der Waals surface area contributed by atoms with E-state index in [-0.39, 0.29) is 35.5 Å². The van der Waals surface area contributed by atoms with Crippen LogP contribution in [0.15, 0.2) is 127 Å². The number of H-pyrrole nitrogens is 1. The SMILES string of the molecule is Cc1cc([C@H](C)N)ccc1C#N.Cc1cc([C@H](C)NC(=O)c2c(C)nn3c2N(Cc2ccc(C(F)(F)F)cc2)CC3)ccc1-c1nn[nH]n1.Cc1cc([C@H](C)NC(=O)c2c(C)nn3c2N(Cc2ccc(C(F)(F)F)cc2)CC3)ccc1C#N.Cc1nn2c(c1C(=O)O)N(Cc1ccc(C(F)(F)F)cc1)CC2. The number of aryl methyl sites for hydroxylation is 6. The van der Waals surface area contributed by atoms with Crippen LogP contribution in [0.4, 0.5) is 57.0 Å². The highest BCUT2D eigenvalue weighted by molar-refractivity contribution is 6.01. The van der Waals surface area contributed by atoms with Crippen LogP contribution in [0.25, 0.3) is 11.4 Å². The molecule has 0 unspecified atom stereocenters. The quantitative estimate of drug-likeness (QED) is 0.0596. The van der Waals surface area contributed by atoms with Gasteiger partial charge in [0.2, 0.25) is 5.82 Å². The molecule has 10 aromatic rings. The number of carbonyl (C=O) groups is 3. The molecule has 0 saturated carbocycles. The number of tetrazole rings is 1. The van der Waals surface area contributed by atoms with Crippen molar-refractivity contribution in [3.63, 3.8) is 0 Å². The number of rotatable bonds is 15. The average Bonchev–Trinajstić information content (AvgIpc) is 1.62. The summed E-state index contributed by atoms with van der Waals surface area (Å²) in [4.78, 5) is 43.8. The zero-order chi connectivity index (χ0) is 76.9. The van der Waals surface area contributed by atoms with Gasteiger partial charge in [0, 0.05) is 50.9 Å². The Bertz CT molecular complexity index is 4930. The summed E-state index contributed by atoms with van der Waals surface area (Å²) in [6.07, 6.45) is -13.1. The molecule has 2 amide bonds. The number of nitrogens with one attached hydrogen (secondary N) is 3. The third-order valence-electron chi connectivity index (χ3n) is 18.4. The van der Waals surface area contributed by atoms with Crippen LogP contribution in [0.2, 0.25) is 0 Å². The normalized spacial score (nSPS) is 13.8. The molecule has 0 radical (unpaired) electrons. The molecular formula is C75H75F9N18O4. The van der Waals surface area contributed by atoms with E-state index in [1.54, 1.807) is 40.9 Å². The van der Waals surface area contributed by atoms with Gasteiger partial charge in [-0.1, -0.05) is 78.9 Å². The van der Waals surface area contributed by atoms with Crippen molar-refractivity contribution in [3.05, 3.63) is 239 Å². The molecule has 6 N–H and O–H groups in total. The summed E-state index contributed by atoms with van der Waals surface area (Å²) in [5.41, 5.74) is 16.2. The van der Waals surface area contributed by atoms with E-state index in [0.29, 0.717) is 127 Å². The lowest BCUT2D eigenvalue weighted by atomic mass is 10.0. The van der Waals surface area contributed by atoms with Gasteiger partial charge in [-0.25, -0.2) is 18.8 Å². The fourth-order valence-corrected chi connectivity index (χ4v) is 12.8. The molecule has 31 heteroatoms. The Hall–Kier alpha value is -11.9. The Morgan fingerprint density at radius 3 is 1.16 bits per heavy atom. The number of fused-ring (bicyclic) bond motifs is 3. The second-order valence-electron chi connectivity index (χ2n) is 26.0. The highest BCUT2D eigenvalue weighted by Gasteiger charge is 2.37. The largest absolute Gasteiger partial charge is 0.477 e. The molecule has 106 heavy (non-hydrogen) atoms. The molecule has 0 fully saturated rings. The molecule has 0 spiro atoms. The van der Waals surface area contributed by atoms with E-state index >= 15 is 0 Å². The van der Waals surface area contributed by atoms with E-state index in [1.807, 2.05) is 105 Å². The minimum atomic E-state index is -4.38. The fourth-order valence-electron chi connectivity index (χ4n) is 12.8. The number of carboxylic acids is 1. The lowest BCUT2D eigenvalue weighted by Crippen LogP contribution is -2.29. The van der Waals surface area contributed by atoms with Crippen LogP contribution in [0.3, 0.4) is 0 Å². The molecule has 3 atom stereocenters. The molecule has 7 heterocycles. The summed E-state index contributed by atoms with van der Waals surface area (Å²) in [7, 11) is 0. The van der Waals surface area contributed by atoms with Crippen molar-refractivity contribution in [1.29, 1.82) is 10.5 Å². The van der Waals surface area contributed by atoms with Gasteiger partial charge in [-0.3, -0.25) is 9.59 Å². The van der Waals surface area contributed by atoms with Crippen LogP contribution >= 0.6 is 0 Å². The van der Waals surface area contributed by atoms with Gasteiger partial charge >= 0.3 is 24.5 Å². The lowest BCUT2D eigenvalue weighted by molar-refractivity contribution is -0.138. The lowest BCUT2D eigenvalue weighted by Gasteiger charge is -2.21. The molecule has 0 aliphatic carbocycles. The molecule has 552 valence electrons.